The number of anilines is 1. The van der Waals surface area contributed by atoms with E-state index in [4.69, 9.17) is 27.9 Å². The van der Waals surface area contributed by atoms with E-state index in [1.54, 1.807) is 18.3 Å². The van der Waals surface area contributed by atoms with Gasteiger partial charge in [0.25, 0.3) is 0 Å². The van der Waals surface area contributed by atoms with E-state index in [0.717, 1.165) is 12.1 Å². The molecular formula is C14H16Cl2N4O. The number of nitrogens with one attached hydrogen (secondary N) is 1. The smallest absolute Gasteiger partial charge is 0.232 e. The van der Waals surface area contributed by atoms with E-state index in [9.17, 15) is 0 Å². The Balaban J connectivity index is 1.96. The second-order valence-corrected chi connectivity index (χ2v) is 5.27. The van der Waals surface area contributed by atoms with Gasteiger partial charge in [0.15, 0.2) is 0 Å². The number of halogens is 2. The van der Waals surface area contributed by atoms with Gasteiger partial charge in [-0.05, 0) is 25.5 Å². The molecule has 2 heterocycles. The third kappa shape index (κ3) is 4.19. The largest absolute Gasteiger partial charge is 0.474 e. The number of aromatic nitrogens is 3. The second kappa shape index (κ2) is 7.43. The van der Waals surface area contributed by atoms with Crippen LogP contribution in [0.3, 0.4) is 0 Å². The summed E-state index contributed by atoms with van der Waals surface area (Å²) in [5.74, 6) is 1.02. The average Bonchev–Trinajstić information content (AvgIpc) is 2.48. The molecule has 0 aliphatic carbocycles. The molecule has 0 spiro atoms. The van der Waals surface area contributed by atoms with Crippen molar-refractivity contribution < 1.29 is 4.74 Å². The van der Waals surface area contributed by atoms with Gasteiger partial charge >= 0.3 is 0 Å². The van der Waals surface area contributed by atoms with Crippen molar-refractivity contribution in [3.8, 4) is 5.88 Å². The van der Waals surface area contributed by atoms with Crippen LogP contribution in [0.15, 0.2) is 24.7 Å². The van der Waals surface area contributed by atoms with Crippen molar-refractivity contribution in [3.63, 3.8) is 0 Å². The van der Waals surface area contributed by atoms with E-state index in [0.29, 0.717) is 28.3 Å². The van der Waals surface area contributed by atoms with E-state index in [-0.39, 0.29) is 6.04 Å². The summed E-state index contributed by atoms with van der Waals surface area (Å²) in [6.45, 7) is 4.34. The minimum Gasteiger partial charge on any atom is -0.474 e. The first-order valence-electron chi connectivity index (χ1n) is 6.61. The molecule has 0 saturated carbocycles. The lowest BCUT2D eigenvalue weighted by molar-refractivity contribution is 0.292. The van der Waals surface area contributed by atoms with Crippen LogP contribution >= 0.6 is 23.2 Å². The van der Waals surface area contributed by atoms with Crippen LogP contribution in [-0.4, -0.2) is 27.6 Å². The molecule has 0 radical (unpaired) electrons. The van der Waals surface area contributed by atoms with Crippen molar-refractivity contribution in [2.24, 2.45) is 0 Å². The van der Waals surface area contributed by atoms with Crippen LogP contribution < -0.4 is 10.1 Å². The first kappa shape index (κ1) is 15.8. The predicted octanol–water partition coefficient (Wildman–Crippen LogP) is 3.62. The van der Waals surface area contributed by atoms with Crippen molar-refractivity contribution in [3.05, 3.63) is 40.4 Å². The Hall–Kier alpha value is -1.59. The SMILES string of the molecule is CCc1ncnc(NC(C)COc2ncccc2Cl)c1Cl. The van der Waals surface area contributed by atoms with Crippen LogP contribution in [0.25, 0.3) is 0 Å². The normalized spacial score (nSPS) is 12.0. The molecule has 2 aromatic heterocycles. The number of nitrogens with zero attached hydrogens (tertiary/aromatic N) is 3. The molecule has 0 fully saturated rings. The molecule has 7 heteroatoms. The highest BCUT2D eigenvalue weighted by Gasteiger charge is 2.11. The van der Waals surface area contributed by atoms with Gasteiger partial charge in [-0.15, -0.1) is 0 Å². The molecule has 112 valence electrons. The predicted molar refractivity (Wildman–Crippen MR) is 84.2 cm³/mol. The third-order valence-electron chi connectivity index (χ3n) is 2.77. The summed E-state index contributed by atoms with van der Waals surface area (Å²) in [4.78, 5) is 12.3. The minimum absolute atomic E-state index is 0.0137. The van der Waals surface area contributed by atoms with Crippen LogP contribution in [0.2, 0.25) is 10.0 Å². The maximum atomic E-state index is 6.23. The fourth-order valence-corrected chi connectivity index (χ4v) is 2.17. The molecule has 5 nitrogen and oxygen atoms in total. The first-order valence-corrected chi connectivity index (χ1v) is 7.36. The lowest BCUT2D eigenvalue weighted by atomic mass is 10.3. The fourth-order valence-electron chi connectivity index (χ4n) is 1.71. The molecule has 1 atom stereocenters. The first-order chi connectivity index (χ1) is 10.1. The number of aryl methyl sites for hydroxylation is 1. The van der Waals surface area contributed by atoms with Crippen LogP contribution in [0.1, 0.15) is 19.5 Å². The van der Waals surface area contributed by atoms with Crippen LogP contribution in [0, 0.1) is 0 Å². The van der Waals surface area contributed by atoms with Crippen molar-refractivity contribution in [1.82, 2.24) is 15.0 Å². The van der Waals surface area contributed by atoms with Crippen molar-refractivity contribution in [1.29, 1.82) is 0 Å². The Kier molecular flexibility index (Phi) is 5.59. The van der Waals surface area contributed by atoms with Crippen molar-refractivity contribution >= 4 is 29.0 Å². The molecule has 0 saturated heterocycles. The van der Waals surface area contributed by atoms with Gasteiger partial charge in [0.1, 0.15) is 28.8 Å². The molecule has 1 N–H and O–H groups in total. The van der Waals surface area contributed by atoms with Gasteiger partial charge in [0.05, 0.1) is 11.7 Å². The number of ether oxygens (including phenoxy) is 1. The Morgan fingerprint density at radius 2 is 2.10 bits per heavy atom. The number of hydrogen-bond acceptors (Lipinski definition) is 5. The van der Waals surface area contributed by atoms with Gasteiger partial charge in [-0.1, -0.05) is 30.1 Å². The number of hydrogen-bond donors (Lipinski definition) is 1. The van der Waals surface area contributed by atoms with Crippen molar-refractivity contribution in [2.45, 2.75) is 26.3 Å². The molecule has 21 heavy (non-hydrogen) atoms. The zero-order valence-corrected chi connectivity index (χ0v) is 13.3. The summed E-state index contributed by atoms with van der Waals surface area (Å²) < 4.78 is 5.58. The molecular weight excluding hydrogens is 311 g/mol. The van der Waals surface area contributed by atoms with Gasteiger partial charge < -0.3 is 10.1 Å². The highest BCUT2D eigenvalue weighted by atomic mass is 35.5. The van der Waals surface area contributed by atoms with Crippen LogP contribution in [0.5, 0.6) is 5.88 Å². The second-order valence-electron chi connectivity index (χ2n) is 4.48. The van der Waals surface area contributed by atoms with Gasteiger partial charge in [0.2, 0.25) is 5.88 Å². The fraction of sp³-hybridized carbons (Fsp3) is 0.357. The van der Waals surface area contributed by atoms with Gasteiger partial charge in [-0.3, -0.25) is 0 Å². The molecule has 1 unspecified atom stereocenters. The summed E-state index contributed by atoms with van der Waals surface area (Å²) in [6, 6.07) is 3.47. The lowest BCUT2D eigenvalue weighted by Crippen LogP contribution is -2.24. The summed E-state index contributed by atoms with van der Waals surface area (Å²) in [5, 5.41) is 4.22. The van der Waals surface area contributed by atoms with Gasteiger partial charge in [0, 0.05) is 6.20 Å². The average molecular weight is 327 g/mol. The Morgan fingerprint density at radius 1 is 1.29 bits per heavy atom. The zero-order valence-electron chi connectivity index (χ0n) is 11.8. The van der Waals surface area contributed by atoms with E-state index >= 15 is 0 Å². The number of rotatable bonds is 6. The Labute approximate surface area is 133 Å². The van der Waals surface area contributed by atoms with E-state index in [2.05, 4.69) is 20.3 Å². The standard InChI is InChI=1S/C14H16Cl2N4O/c1-3-11-12(16)13(19-8-18-11)20-9(2)7-21-14-10(15)5-4-6-17-14/h4-6,8-9H,3,7H2,1-2H3,(H,18,19,20). The highest BCUT2D eigenvalue weighted by molar-refractivity contribution is 6.33. The maximum absolute atomic E-state index is 6.23. The van der Waals surface area contributed by atoms with Gasteiger partial charge in [-0.25, -0.2) is 15.0 Å². The number of pyridine rings is 1. The van der Waals surface area contributed by atoms with E-state index < -0.39 is 0 Å². The topological polar surface area (TPSA) is 59.9 Å². The van der Waals surface area contributed by atoms with E-state index in [1.165, 1.54) is 6.33 Å². The molecule has 0 aliphatic rings. The molecule has 0 bridgehead atoms. The summed E-state index contributed by atoms with van der Waals surface area (Å²) >= 11 is 12.2. The molecule has 0 aliphatic heterocycles. The molecule has 0 aromatic carbocycles. The molecule has 0 amide bonds. The Bertz CT molecular complexity index is 609. The quantitative estimate of drug-likeness (QED) is 0.878. The monoisotopic (exact) mass is 326 g/mol. The summed E-state index contributed by atoms with van der Waals surface area (Å²) in [5.41, 5.74) is 0.815. The van der Waals surface area contributed by atoms with Crippen LogP contribution in [0.4, 0.5) is 5.82 Å². The third-order valence-corrected chi connectivity index (χ3v) is 3.46. The van der Waals surface area contributed by atoms with Crippen molar-refractivity contribution in [2.75, 3.05) is 11.9 Å². The Morgan fingerprint density at radius 3 is 2.81 bits per heavy atom. The minimum atomic E-state index is -0.0137. The lowest BCUT2D eigenvalue weighted by Gasteiger charge is -2.16. The maximum Gasteiger partial charge on any atom is 0.232 e. The summed E-state index contributed by atoms with van der Waals surface area (Å²) in [6.07, 6.45) is 3.88. The molecule has 2 aromatic rings. The van der Waals surface area contributed by atoms with Crippen LogP contribution in [-0.2, 0) is 6.42 Å². The van der Waals surface area contributed by atoms with Gasteiger partial charge in [-0.2, -0.15) is 0 Å². The molecule has 2 rings (SSSR count). The highest BCUT2D eigenvalue weighted by Crippen LogP contribution is 2.23. The van der Waals surface area contributed by atoms with E-state index in [1.807, 2.05) is 13.8 Å². The zero-order chi connectivity index (χ0) is 15.2. The summed E-state index contributed by atoms with van der Waals surface area (Å²) in [7, 11) is 0.